The Kier molecular flexibility index (Phi) is 11.9. The molecule has 0 unspecified atom stereocenters. The van der Waals surface area contributed by atoms with E-state index in [4.69, 9.17) is 30.5 Å². The molecule has 41 heavy (non-hydrogen) atoms. The molecule has 3 aromatic carbocycles. The van der Waals surface area contributed by atoms with Crippen LogP contribution in [0, 0.1) is 11.3 Å². The number of carbonyl (C=O) groups is 1. The molecule has 1 aromatic heterocycles. The molecular formula is C31H33ClN4O5. The molecule has 0 aliphatic rings. The number of aromatic nitrogens is 1. The Morgan fingerprint density at radius 1 is 0.976 bits per heavy atom. The zero-order chi connectivity index (χ0) is 29.6. The molecule has 0 aliphatic carbocycles. The van der Waals surface area contributed by atoms with Crippen molar-refractivity contribution in [2.75, 3.05) is 38.6 Å². The Balaban J connectivity index is 0.00000226. The normalized spacial score (nSPS) is 10.0. The molecule has 0 spiro atoms. The van der Waals surface area contributed by atoms with E-state index in [1.54, 1.807) is 50.6 Å². The predicted molar refractivity (Wildman–Crippen MR) is 161 cm³/mol. The van der Waals surface area contributed by atoms with Crippen molar-refractivity contribution in [1.82, 2.24) is 10.3 Å². The number of amides is 1. The number of carbonyl (C=O) groups excluding carboxylic acids is 1. The molecule has 0 saturated heterocycles. The molecule has 1 amide bonds. The molecule has 1 heterocycles. The van der Waals surface area contributed by atoms with Crippen LogP contribution in [0.3, 0.4) is 0 Å². The third-order valence-electron chi connectivity index (χ3n) is 5.64. The number of benzene rings is 3. The van der Waals surface area contributed by atoms with Gasteiger partial charge in [0.15, 0.2) is 18.1 Å². The second-order valence-electron chi connectivity index (χ2n) is 8.25. The van der Waals surface area contributed by atoms with E-state index >= 15 is 0 Å². The number of nitrogens with zero attached hydrogens (tertiary/aromatic N) is 2. The van der Waals surface area contributed by atoms with Crippen LogP contribution in [0.2, 0.25) is 0 Å². The molecule has 0 saturated carbocycles. The van der Waals surface area contributed by atoms with Gasteiger partial charge in [0.05, 0.1) is 30.5 Å². The monoisotopic (exact) mass is 576 g/mol. The molecular weight excluding hydrogens is 544 g/mol. The average Bonchev–Trinajstić information content (AvgIpc) is 3.02. The summed E-state index contributed by atoms with van der Waals surface area (Å²) in [7, 11) is 3.12. The van der Waals surface area contributed by atoms with Crippen LogP contribution in [-0.4, -0.2) is 44.1 Å². The van der Waals surface area contributed by atoms with E-state index in [0.717, 1.165) is 11.1 Å². The lowest BCUT2D eigenvalue weighted by Crippen LogP contribution is -2.24. The number of ether oxygens (including phenoxy) is 4. The lowest BCUT2D eigenvalue weighted by molar-refractivity contribution is -0.122. The van der Waals surface area contributed by atoms with Crippen LogP contribution < -0.4 is 29.6 Å². The second kappa shape index (κ2) is 15.8. The summed E-state index contributed by atoms with van der Waals surface area (Å²) in [6, 6.07) is 20.1. The number of fused-ring (bicyclic) bond motifs is 1. The van der Waals surface area contributed by atoms with E-state index in [1.165, 1.54) is 6.20 Å². The van der Waals surface area contributed by atoms with Gasteiger partial charge in [-0.25, -0.2) is 0 Å². The highest BCUT2D eigenvalue weighted by atomic mass is 35.5. The number of halogens is 1. The Labute approximate surface area is 245 Å². The number of anilines is 2. The van der Waals surface area contributed by atoms with Crippen molar-refractivity contribution in [3.8, 4) is 34.8 Å². The number of alkyl halides is 1. The number of likely N-dealkylation sites (N-methyl/N-ethyl adjacent to an activating group) is 1. The molecule has 4 aromatic rings. The van der Waals surface area contributed by atoms with Crippen molar-refractivity contribution in [1.29, 1.82) is 5.26 Å². The molecule has 0 atom stereocenters. The largest absolute Gasteiger partial charge is 0.493 e. The minimum absolute atomic E-state index is 0.0538. The van der Waals surface area contributed by atoms with Gasteiger partial charge in [0.1, 0.15) is 23.3 Å². The van der Waals surface area contributed by atoms with Gasteiger partial charge in [-0.3, -0.25) is 9.78 Å². The van der Waals surface area contributed by atoms with Gasteiger partial charge in [-0.1, -0.05) is 13.8 Å². The molecule has 4 rings (SSSR count). The molecule has 10 heteroatoms. The number of rotatable bonds is 12. The average molecular weight is 577 g/mol. The zero-order valence-corrected chi connectivity index (χ0v) is 24.2. The number of hydrogen-bond acceptors (Lipinski definition) is 8. The third-order valence-corrected chi connectivity index (χ3v) is 5.91. The van der Waals surface area contributed by atoms with Crippen LogP contribution >= 0.6 is 11.6 Å². The van der Waals surface area contributed by atoms with Crippen LogP contribution in [0.15, 0.2) is 66.9 Å². The molecule has 9 nitrogen and oxygen atoms in total. The van der Waals surface area contributed by atoms with Gasteiger partial charge < -0.3 is 29.6 Å². The van der Waals surface area contributed by atoms with E-state index in [1.807, 2.05) is 38.1 Å². The minimum atomic E-state index is -0.207. The Hall–Kier alpha value is -4.68. The lowest BCUT2D eigenvalue weighted by atomic mass is 10.1. The minimum Gasteiger partial charge on any atom is -0.493 e. The van der Waals surface area contributed by atoms with Gasteiger partial charge in [0.2, 0.25) is 0 Å². The van der Waals surface area contributed by atoms with Crippen molar-refractivity contribution in [2.45, 2.75) is 20.3 Å². The number of methoxy groups -OCH3 is 1. The maximum absolute atomic E-state index is 11.3. The maximum atomic E-state index is 11.3. The Morgan fingerprint density at radius 2 is 1.63 bits per heavy atom. The molecule has 0 fully saturated rings. The molecule has 2 N–H and O–H groups in total. The summed E-state index contributed by atoms with van der Waals surface area (Å²) < 4.78 is 22.7. The molecule has 0 radical (unpaired) electrons. The topological polar surface area (TPSA) is 115 Å². The number of hydrogen-bond donors (Lipinski definition) is 2. The van der Waals surface area contributed by atoms with Gasteiger partial charge in [-0.2, -0.15) is 5.26 Å². The number of pyridine rings is 1. The van der Waals surface area contributed by atoms with Crippen LogP contribution in [0.25, 0.3) is 10.9 Å². The van der Waals surface area contributed by atoms with Gasteiger partial charge >= 0.3 is 0 Å². The van der Waals surface area contributed by atoms with Crippen LogP contribution in [0.4, 0.5) is 11.4 Å². The SMILES string of the molecule is CC.CNC(=O)COc1ccc(Oc2ccc(Nc3c(C#N)cnc4cc(OCCCCl)c(OC)cc34)cc2)cc1. The first kappa shape index (κ1) is 30.9. The quantitative estimate of drug-likeness (QED) is 0.140. The Bertz CT molecular complexity index is 1470. The predicted octanol–water partition coefficient (Wildman–Crippen LogP) is 6.81. The van der Waals surface area contributed by atoms with Gasteiger partial charge in [-0.15, -0.1) is 11.6 Å². The first-order chi connectivity index (χ1) is 20.0. The van der Waals surface area contributed by atoms with Crippen LogP contribution in [0.5, 0.6) is 28.7 Å². The van der Waals surface area contributed by atoms with Crippen LogP contribution in [0.1, 0.15) is 25.8 Å². The zero-order valence-electron chi connectivity index (χ0n) is 23.5. The van der Waals surface area contributed by atoms with E-state index < -0.39 is 0 Å². The molecule has 214 valence electrons. The number of nitriles is 1. The van der Waals surface area contributed by atoms with E-state index in [-0.39, 0.29) is 12.5 Å². The molecule has 0 aliphatic heterocycles. The first-order valence-corrected chi connectivity index (χ1v) is 13.7. The van der Waals surface area contributed by atoms with E-state index in [0.29, 0.717) is 64.4 Å². The van der Waals surface area contributed by atoms with Crippen molar-refractivity contribution in [2.24, 2.45) is 0 Å². The lowest BCUT2D eigenvalue weighted by Gasteiger charge is -2.15. The van der Waals surface area contributed by atoms with Crippen molar-refractivity contribution in [3.63, 3.8) is 0 Å². The summed E-state index contributed by atoms with van der Waals surface area (Å²) in [6.07, 6.45) is 2.23. The highest BCUT2D eigenvalue weighted by Gasteiger charge is 2.15. The maximum Gasteiger partial charge on any atom is 0.257 e. The van der Waals surface area contributed by atoms with Gasteiger partial charge in [0, 0.05) is 36.3 Å². The second-order valence-corrected chi connectivity index (χ2v) is 8.63. The standard InChI is InChI=1S/C29H27ClN4O5.C2H6/c1-32-28(35)18-38-21-8-10-23(11-9-21)39-22-6-4-20(5-7-22)34-29-19(16-31)17-33-25-15-27(37-13-3-12-30)26(36-2)14-24(25)29;1-2/h4-11,14-15,17H,3,12-13,18H2,1-2H3,(H,32,35)(H,33,34);1-2H3. The highest BCUT2D eigenvalue weighted by molar-refractivity contribution is 6.17. The molecule has 0 bridgehead atoms. The fraction of sp³-hybridized carbons (Fsp3) is 0.258. The summed E-state index contributed by atoms with van der Waals surface area (Å²) in [5.74, 6) is 3.19. The van der Waals surface area contributed by atoms with Crippen LogP contribution in [-0.2, 0) is 4.79 Å². The summed E-state index contributed by atoms with van der Waals surface area (Å²) in [5, 5.41) is 16.3. The Morgan fingerprint density at radius 3 is 2.24 bits per heavy atom. The van der Waals surface area contributed by atoms with Crippen molar-refractivity contribution >= 4 is 39.8 Å². The summed E-state index contributed by atoms with van der Waals surface area (Å²) in [6.45, 7) is 4.40. The summed E-state index contributed by atoms with van der Waals surface area (Å²) in [5.41, 5.74) is 2.40. The highest BCUT2D eigenvalue weighted by Crippen LogP contribution is 2.37. The van der Waals surface area contributed by atoms with E-state index in [2.05, 4.69) is 21.7 Å². The summed E-state index contributed by atoms with van der Waals surface area (Å²) >= 11 is 5.76. The fourth-order valence-electron chi connectivity index (χ4n) is 3.64. The van der Waals surface area contributed by atoms with Crippen molar-refractivity contribution in [3.05, 3.63) is 72.4 Å². The van der Waals surface area contributed by atoms with Gasteiger partial charge in [-0.05, 0) is 61.0 Å². The first-order valence-electron chi connectivity index (χ1n) is 13.1. The smallest absolute Gasteiger partial charge is 0.257 e. The summed E-state index contributed by atoms with van der Waals surface area (Å²) in [4.78, 5) is 15.8. The third kappa shape index (κ3) is 8.40. The van der Waals surface area contributed by atoms with Gasteiger partial charge in [0.25, 0.3) is 5.91 Å². The van der Waals surface area contributed by atoms with Crippen molar-refractivity contribution < 1.29 is 23.7 Å². The fourth-order valence-corrected chi connectivity index (χ4v) is 3.75. The van der Waals surface area contributed by atoms with E-state index in [9.17, 15) is 10.1 Å². The number of nitrogens with one attached hydrogen (secondary N) is 2.